The molecule has 2 atom stereocenters. The maximum atomic E-state index is 13.2. The lowest BCUT2D eigenvalue weighted by Crippen LogP contribution is -2.30. The molecule has 3 aromatic rings. The molecule has 0 spiro atoms. The number of rotatable bonds is 6. The number of ketones is 3. The molecule has 1 aliphatic rings. The number of benzene rings is 2. The number of hydrogen-bond donors (Lipinski definition) is 2. The SMILES string of the molecule is CCCC(N)C(=O)c1ccc2c(c1)C(=O)C(c1nc3ccc(C(C)C)cc3cc1O)C2=O. The number of pyridine rings is 1. The van der Waals surface area contributed by atoms with Gasteiger partial charge in [-0.2, -0.15) is 0 Å². The highest BCUT2D eigenvalue weighted by Gasteiger charge is 2.42. The highest BCUT2D eigenvalue weighted by atomic mass is 16.3. The molecule has 0 fully saturated rings. The number of hydrogen-bond acceptors (Lipinski definition) is 6. The van der Waals surface area contributed by atoms with Crippen LogP contribution in [0.3, 0.4) is 0 Å². The summed E-state index contributed by atoms with van der Waals surface area (Å²) >= 11 is 0. The number of aromatic nitrogens is 1. The first kappa shape index (κ1) is 21.8. The second-order valence-corrected chi connectivity index (χ2v) is 8.68. The predicted octanol–water partition coefficient (Wildman–Crippen LogP) is 4.54. The first-order valence-electron chi connectivity index (χ1n) is 10.9. The number of carbonyl (C=O) groups is 3. The summed E-state index contributed by atoms with van der Waals surface area (Å²) in [4.78, 5) is 43.3. The van der Waals surface area contributed by atoms with Crippen LogP contribution in [0.4, 0.5) is 0 Å². The average molecular weight is 431 g/mol. The van der Waals surface area contributed by atoms with E-state index in [-0.39, 0.29) is 28.4 Å². The van der Waals surface area contributed by atoms with Gasteiger partial charge in [0.25, 0.3) is 0 Å². The van der Waals surface area contributed by atoms with Crippen molar-refractivity contribution in [3.63, 3.8) is 0 Å². The molecule has 0 saturated heterocycles. The zero-order valence-corrected chi connectivity index (χ0v) is 18.4. The predicted molar refractivity (Wildman–Crippen MR) is 123 cm³/mol. The maximum absolute atomic E-state index is 13.2. The topological polar surface area (TPSA) is 110 Å². The summed E-state index contributed by atoms with van der Waals surface area (Å²) in [6, 6.07) is 11.1. The molecule has 1 heterocycles. The Morgan fingerprint density at radius 2 is 1.78 bits per heavy atom. The quantitative estimate of drug-likeness (QED) is 0.439. The van der Waals surface area contributed by atoms with Crippen LogP contribution in [0.25, 0.3) is 10.9 Å². The van der Waals surface area contributed by atoms with Crippen LogP contribution in [0.15, 0.2) is 42.5 Å². The first-order valence-corrected chi connectivity index (χ1v) is 10.9. The molecule has 3 N–H and O–H groups in total. The van der Waals surface area contributed by atoms with Crippen LogP contribution in [0.5, 0.6) is 5.75 Å². The molecule has 4 rings (SSSR count). The van der Waals surface area contributed by atoms with Crippen molar-refractivity contribution in [3.8, 4) is 5.75 Å². The second-order valence-electron chi connectivity index (χ2n) is 8.68. The van der Waals surface area contributed by atoms with Gasteiger partial charge in [-0.25, -0.2) is 4.98 Å². The second kappa shape index (κ2) is 8.28. The van der Waals surface area contributed by atoms with Crippen LogP contribution in [-0.2, 0) is 0 Å². The standard InChI is InChI=1S/C26H26N2O4/c1-4-5-19(27)24(30)15-6-8-17-18(11-15)26(32)22(25(17)31)23-21(29)12-16-10-14(13(2)3)7-9-20(16)28-23/h6-13,19,22,29H,4-5,27H2,1-3H3. The molecule has 1 aromatic heterocycles. The number of nitrogens with two attached hydrogens (primary N) is 1. The molecule has 1 aliphatic carbocycles. The van der Waals surface area contributed by atoms with E-state index in [1.54, 1.807) is 6.07 Å². The summed E-state index contributed by atoms with van der Waals surface area (Å²) in [5, 5.41) is 11.4. The van der Waals surface area contributed by atoms with Crippen molar-refractivity contribution in [2.24, 2.45) is 5.73 Å². The van der Waals surface area contributed by atoms with Gasteiger partial charge < -0.3 is 10.8 Å². The van der Waals surface area contributed by atoms with Gasteiger partial charge in [0.15, 0.2) is 17.3 Å². The van der Waals surface area contributed by atoms with E-state index in [1.807, 2.05) is 25.1 Å². The van der Waals surface area contributed by atoms with E-state index < -0.39 is 23.5 Å². The van der Waals surface area contributed by atoms with Crippen LogP contribution in [-0.4, -0.2) is 33.5 Å². The maximum Gasteiger partial charge on any atom is 0.180 e. The molecule has 32 heavy (non-hydrogen) atoms. The largest absolute Gasteiger partial charge is 0.506 e. The van der Waals surface area contributed by atoms with Crippen LogP contribution in [0, 0.1) is 0 Å². The van der Waals surface area contributed by atoms with Gasteiger partial charge in [-0.3, -0.25) is 14.4 Å². The van der Waals surface area contributed by atoms with Crippen molar-refractivity contribution in [2.45, 2.75) is 51.5 Å². The van der Waals surface area contributed by atoms with Crippen molar-refractivity contribution in [1.82, 2.24) is 4.98 Å². The van der Waals surface area contributed by atoms with Crippen molar-refractivity contribution < 1.29 is 19.5 Å². The van der Waals surface area contributed by atoms with Gasteiger partial charge in [0, 0.05) is 22.1 Å². The number of carbonyl (C=O) groups excluding carboxylic acids is 3. The average Bonchev–Trinajstić information content (AvgIpc) is 3.02. The lowest BCUT2D eigenvalue weighted by atomic mass is 9.96. The molecular formula is C26H26N2O4. The highest BCUT2D eigenvalue weighted by Crippen LogP contribution is 2.38. The zero-order chi connectivity index (χ0) is 23.2. The fourth-order valence-corrected chi connectivity index (χ4v) is 4.22. The van der Waals surface area contributed by atoms with Crippen molar-refractivity contribution in [2.75, 3.05) is 0 Å². The third-order valence-electron chi connectivity index (χ3n) is 6.08. The van der Waals surface area contributed by atoms with Gasteiger partial charge >= 0.3 is 0 Å². The van der Waals surface area contributed by atoms with Gasteiger partial charge in [0.05, 0.1) is 11.6 Å². The minimum atomic E-state index is -1.23. The van der Waals surface area contributed by atoms with E-state index in [2.05, 4.69) is 18.8 Å². The fourth-order valence-electron chi connectivity index (χ4n) is 4.22. The Balaban J connectivity index is 1.73. The molecule has 0 amide bonds. The molecule has 2 aromatic carbocycles. The molecule has 164 valence electrons. The number of Topliss-reactive ketones (excluding diaryl/α,β-unsaturated/α-hetero) is 3. The number of fused-ring (bicyclic) bond motifs is 2. The fraction of sp³-hybridized carbons (Fsp3) is 0.308. The summed E-state index contributed by atoms with van der Waals surface area (Å²) in [5.74, 6) is -2.26. The number of nitrogens with zero attached hydrogens (tertiary/aromatic N) is 1. The van der Waals surface area contributed by atoms with E-state index in [4.69, 9.17) is 5.73 Å². The lowest BCUT2D eigenvalue weighted by molar-refractivity contribution is 0.0885. The molecule has 0 bridgehead atoms. The normalized spacial score (nSPS) is 16.6. The van der Waals surface area contributed by atoms with Crippen LogP contribution >= 0.6 is 0 Å². The Morgan fingerprint density at radius 1 is 1.06 bits per heavy atom. The summed E-state index contributed by atoms with van der Waals surface area (Å²) in [5.41, 5.74) is 8.40. The van der Waals surface area contributed by atoms with Gasteiger partial charge in [0.1, 0.15) is 17.4 Å². The lowest BCUT2D eigenvalue weighted by Gasteiger charge is -2.12. The molecule has 0 saturated carbocycles. The van der Waals surface area contributed by atoms with Gasteiger partial charge in [-0.05, 0) is 48.2 Å². The summed E-state index contributed by atoms with van der Waals surface area (Å²) in [6.45, 7) is 6.09. The van der Waals surface area contributed by atoms with Crippen LogP contribution in [0.1, 0.15) is 87.8 Å². The van der Waals surface area contributed by atoms with E-state index in [1.165, 1.54) is 18.2 Å². The molecule has 0 aliphatic heterocycles. The third-order valence-corrected chi connectivity index (χ3v) is 6.08. The molecule has 2 unspecified atom stereocenters. The zero-order valence-electron chi connectivity index (χ0n) is 18.4. The monoisotopic (exact) mass is 430 g/mol. The van der Waals surface area contributed by atoms with Gasteiger partial charge in [-0.1, -0.05) is 39.3 Å². The van der Waals surface area contributed by atoms with Crippen molar-refractivity contribution in [3.05, 3.63) is 70.4 Å². The highest BCUT2D eigenvalue weighted by molar-refractivity contribution is 6.30. The Kier molecular flexibility index (Phi) is 5.65. The van der Waals surface area contributed by atoms with E-state index >= 15 is 0 Å². The van der Waals surface area contributed by atoms with Gasteiger partial charge in [0.2, 0.25) is 0 Å². The smallest absolute Gasteiger partial charge is 0.180 e. The van der Waals surface area contributed by atoms with E-state index in [0.29, 0.717) is 23.4 Å². The number of aromatic hydroxyl groups is 1. The molecule has 6 nitrogen and oxygen atoms in total. The Morgan fingerprint density at radius 3 is 2.47 bits per heavy atom. The molecule has 0 radical (unpaired) electrons. The van der Waals surface area contributed by atoms with Crippen LogP contribution in [0.2, 0.25) is 0 Å². The summed E-state index contributed by atoms with van der Waals surface area (Å²) in [6.07, 6.45) is 1.31. The minimum absolute atomic E-state index is 0.0385. The minimum Gasteiger partial charge on any atom is -0.506 e. The molecule has 6 heteroatoms. The summed E-state index contributed by atoms with van der Waals surface area (Å²) < 4.78 is 0. The van der Waals surface area contributed by atoms with Gasteiger partial charge in [-0.15, -0.1) is 0 Å². The van der Waals surface area contributed by atoms with Crippen molar-refractivity contribution >= 4 is 28.3 Å². The van der Waals surface area contributed by atoms with Crippen LogP contribution < -0.4 is 5.73 Å². The Hall–Kier alpha value is -3.38. The molecular weight excluding hydrogens is 404 g/mol. The van der Waals surface area contributed by atoms with E-state index in [0.717, 1.165) is 17.4 Å². The van der Waals surface area contributed by atoms with Crippen molar-refractivity contribution in [1.29, 1.82) is 0 Å². The third kappa shape index (κ3) is 3.60. The Labute approximate surface area is 186 Å². The summed E-state index contributed by atoms with van der Waals surface area (Å²) in [7, 11) is 0. The first-order chi connectivity index (χ1) is 15.2. The van der Waals surface area contributed by atoms with E-state index in [9.17, 15) is 19.5 Å². The Bertz CT molecular complexity index is 1260.